The summed E-state index contributed by atoms with van der Waals surface area (Å²) in [5.41, 5.74) is 0.945. The van der Waals surface area contributed by atoms with Gasteiger partial charge in [0.25, 0.3) is 0 Å². The Morgan fingerprint density at radius 2 is 2.08 bits per heavy atom. The van der Waals surface area contributed by atoms with Crippen LogP contribution in [0.1, 0.15) is 19.5 Å². The van der Waals surface area contributed by atoms with Crippen molar-refractivity contribution in [3.63, 3.8) is 0 Å². The van der Waals surface area contributed by atoms with E-state index in [1.807, 2.05) is 13.8 Å². The Morgan fingerprint density at radius 3 is 2.69 bits per heavy atom. The van der Waals surface area contributed by atoms with Crippen molar-refractivity contribution in [3.8, 4) is 0 Å². The van der Waals surface area contributed by atoms with Crippen LogP contribution >= 0.6 is 0 Å². The van der Waals surface area contributed by atoms with Crippen LogP contribution < -0.4 is 0 Å². The monoisotopic (exact) mass is 181 g/mol. The Kier molecular flexibility index (Phi) is 2.95. The average molecular weight is 181 g/mol. The Hall–Kier alpha value is -1.45. The van der Waals surface area contributed by atoms with Crippen molar-refractivity contribution in [2.24, 2.45) is 0 Å². The summed E-state index contributed by atoms with van der Waals surface area (Å²) in [5, 5.41) is 0. The normalized spacial score (nSPS) is 9.54. The molecule has 2 heterocycles. The summed E-state index contributed by atoms with van der Waals surface area (Å²) in [4.78, 5) is 7.76. The van der Waals surface area contributed by atoms with Crippen molar-refractivity contribution in [2.45, 2.75) is 20.8 Å². The first kappa shape index (κ1) is 9.64. The molecule has 13 heavy (non-hydrogen) atoms. The minimum Gasteiger partial charge on any atom is -0.273 e. The predicted octanol–water partition coefficient (Wildman–Crippen LogP) is 2.20. The number of aryl methyl sites for hydroxylation is 1. The maximum absolute atomic E-state index is 13.0. The molecule has 0 fully saturated rings. The number of aromatic nitrogens is 3. The van der Waals surface area contributed by atoms with Gasteiger partial charge in [0.1, 0.15) is 0 Å². The summed E-state index contributed by atoms with van der Waals surface area (Å²) in [6.45, 7) is 5.63. The van der Waals surface area contributed by atoms with Crippen LogP contribution in [-0.4, -0.2) is 14.4 Å². The van der Waals surface area contributed by atoms with Crippen LogP contribution in [-0.2, 0) is 0 Å². The molecule has 3 nitrogen and oxygen atoms in total. The zero-order valence-electron chi connectivity index (χ0n) is 7.95. The maximum Gasteiger partial charge on any atom is 0.220 e. The molecule has 2 aromatic heterocycles. The van der Waals surface area contributed by atoms with E-state index in [2.05, 4.69) is 9.97 Å². The Bertz CT molecular complexity index is 395. The van der Waals surface area contributed by atoms with Crippen molar-refractivity contribution in [3.05, 3.63) is 30.2 Å². The standard InChI is InChI=1S/C7H6FN3.C2H6/c1-5-7(8)11-3-2-9-4-6(11)10-5;1-2/h2-4H,1H3;1-2H3. The minimum atomic E-state index is -0.317. The summed E-state index contributed by atoms with van der Waals surface area (Å²) < 4.78 is 14.4. The van der Waals surface area contributed by atoms with E-state index in [4.69, 9.17) is 0 Å². The van der Waals surface area contributed by atoms with Crippen LogP contribution in [0.4, 0.5) is 4.39 Å². The zero-order chi connectivity index (χ0) is 9.84. The molecule has 2 aromatic rings. The van der Waals surface area contributed by atoms with Crippen LogP contribution in [0.2, 0.25) is 0 Å². The van der Waals surface area contributed by atoms with Gasteiger partial charge < -0.3 is 0 Å². The highest BCUT2D eigenvalue weighted by atomic mass is 19.1. The van der Waals surface area contributed by atoms with Gasteiger partial charge in [-0.2, -0.15) is 4.39 Å². The number of hydrogen-bond donors (Lipinski definition) is 0. The van der Waals surface area contributed by atoms with Crippen LogP contribution in [0.25, 0.3) is 5.65 Å². The van der Waals surface area contributed by atoms with Crippen LogP contribution in [0.5, 0.6) is 0 Å². The molecule has 0 saturated carbocycles. The molecule has 0 spiro atoms. The molecule has 0 radical (unpaired) electrons. The fourth-order valence-corrected chi connectivity index (χ4v) is 0.994. The van der Waals surface area contributed by atoms with E-state index in [1.54, 1.807) is 13.1 Å². The number of rotatable bonds is 0. The maximum atomic E-state index is 13.0. The molecule has 70 valence electrons. The summed E-state index contributed by atoms with van der Waals surface area (Å²) >= 11 is 0. The van der Waals surface area contributed by atoms with Crippen molar-refractivity contribution >= 4 is 5.65 Å². The quantitative estimate of drug-likeness (QED) is 0.623. The second-order valence-electron chi connectivity index (χ2n) is 2.29. The number of imidazole rings is 1. The molecule has 4 heteroatoms. The van der Waals surface area contributed by atoms with E-state index in [0.717, 1.165) is 0 Å². The van der Waals surface area contributed by atoms with Crippen molar-refractivity contribution in [2.75, 3.05) is 0 Å². The summed E-state index contributed by atoms with van der Waals surface area (Å²) in [6, 6.07) is 0. The van der Waals surface area contributed by atoms with Gasteiger partial charge in [0.05, 0.1) is 11.9 Å². The van der Waals surface area contributed by atoms with Crippen molar-refractivity contribution in [1.29, 1.82) is 0 Å². The lowest BCUT2D eigenvalue weighted by molar-refractivity contribution is 0.563. The average Bonchev–Trinajstić information content (AvgIpc) is 2.47. The molecule has 0 aliphatic carbocycles. The number of hydrogen-bond acceptors (Lipinski definition) is 2. The van der Waals surface area contributed by atoms with Gasteiger partial charge in [-0.25, -0.2) is 4.98 Å². The second kappa shape index (κ2) is 3.98. The highest BCUT2D eigenvalue weighted by Gasteiger charge is 2.05. The minimum absolute atomic E-state index is 0.317. The van der Waals surface area contributed by atoms with Gasteiger partial charge in [0, 0.05) is 12.4 Å². The Morgan fingerprint density at radius 1 is 1.38 bits per heavy atom. The van der Waals surface area contributed by atoms with Crippen LogP contribution in [0, 0.1) is 12.9 Å². The molecule has 0 bridgehead atoms. The molecule has 0 saturated heterocycles. The highest BCUT2D eigenvalue weighted by Crippen LogP contribution is 2.07. The predicted molar refractivity (Wildman–Crippen MR) is 49.0 cm³/mol. The number of nitrogens with zero attached hydrogens (tertiary/aromatic N) is 3. The third-order valence-electron chi connectivity index (χ3n) is 1.53. The molecule has 0 N–H and O–H groups in total. The first-order valence-corrected chi connectivity index (χ1v) is 4.23. The van der Waals surface area contributed by atoms with Crippen molar-refractivity contribution in [1.82, 2.24) is 14.4 Å². The van der Waals surface area contributed by atoms with E-state index >= 15 is 0 Å². The second-order valence-corrected chi connectivity index (χ2v) is 2.29. The van der Waals surface area contributed by atoms with E-state index in [9.17, 15) is 4.39 Å². The lowest BCUT2D eigenvalue weighted by Gasteiger charge is -1.88. The molecule has 0 amide bonds. The lowest BCUT2D eigenvalue weighted by Crippen LogP contribution is -1.87. The van der Waals surface area contributed by atoms with Gasteiger partial charge in [-0.1, -0.05) is 13.8 Å². The van der Waals surface area contributed by atoms with Crippen LogP contribution in [0.15, 0.2) is 18.6 Å². The van der Waals surface area contributed by atoms with Crippen molar-refractivity contribution < 1.29 is 4.39 Å². The molecule has 0 aromatic carbocycles. The molecule has 2 rings (SSSR count). The third kappa shape index (κ3) is 1.66. The fraction of sp³-hybridized carbons (Fsp3) is 0.333. The van der Waals surface area contributed by atoms with Gasteiger partial charge in [-0.05, 0) is 6.92 Å². The van der Waals surface area contributed by atoms with Gasteiger partial charge >= 0.3 is 0 Å². The molecular formula is C9H12FN3. The molecule has 0 unspecified atom stereocenters. The SMILES string of the molecule is CC.Cc1nc2cnccn2c1F. The summed E-state index contributed by atoms with van der Waals surface area (Å²) in [5.74, 6) is -0.317. The van der Waals surface area contributed by atoms with E-state index in [-0.39, 0.29) is 5.95 Å². The lowest BCUT2D eigenvalue weighted by atomic mass is 10.5. The number of halogens is 1. The zero-order valence-corrected chi connectivity index (χ0v) is 7.95. The summed E-state index contributed by atoms with van der Waals surface area (Å²) in [7, 11) is 0. The van der Waals surface area contributed by atoms with Gasteiger partial charge in [0.2, 0.25) is 5.95 Å². The smallest absolute Gasteiger partial charge is 0.220 e. The van der Waals surface area contributed by atoms with E-state index in [1.165, 1.54) is 16.8 Å². The highest BCUT2D eigenvalue weighted by molar-refractivity contribution is 5.36. The van der Waals surface area contributed by atoms with Gasteiger partial charge in [-0.3, -0.25) is 9.38 Å². The Balaban J connectivity index is 0.000000396. The van der Waals surface area contributed by atoms with E-state index in [0.29, 0.717) is 11.3 Å². The van der Waals surface area contributed by atoms with Crippen LogP contribution in [0.3, 0.4) is 0 Å². The summed E-state index contributed by atoms with van der Waals surface area (Å²) in [6.07, 6.45) is 4.60. The first-order chi connectivity index (χ1) is 6.29. The van der Waals surface area contributed by atoms with Gasteiger partial charge in [0.15, 0.2) is 5.65 Å². The third-order valence-corrected chi connectivity index (χ3v) is 1.53. The fourth-order valence-electron chi connectivity index (χ4n) is 0.994. The van der Waals surface area contributed by atoms with E-state index < -0.39 is 0 Å². The molecule has 0 atom stereocenters. The number of fused-ring (bicyclic) bond motifs is 1. The molecular weight excluding hydrogens is 169 g/mol. The Labute approximate surface area is 76.3 Å². The van der Waals surface area contributed by atoms with Gasteiger partial charge in [-0.15, -0.1) is 0 Å². The molecule has 0 aliphatic heterocycles. The largest absolute Gasteiger partial charge is 0.273 e. The first-order valence-electron chi connectivity index (χ1n) is 4.23. The molecule has 0 aliphatic rings. The topological polar surface area (TPSA) is 30.2 Å².